The van der Waals surface area contributed by atoms with Gasteiger partial charge in [-0.05, 0) is 51.4 Å². The maximum absolute atomic E-state index is 2.43. The molecule has 0 unspecified atom stereocenters. The number of rotatable bonds is 6. The minimum atomic E-state index is 0.398. The lowest BCUT2D eigenvalue weighted by molar-refractivity contribution is 0.366. The Kier molecular flexibility index (Phi) is 6.71. The fraction of sp³-hybridized carbons (Fsp3) is 0.750. The molecular formula is C16H30. The van der Waals surface area contributed by atoms with E-state index < -0.39 is 0 Å². The quantitative estimate of drug-likeness (QED) is 0.502. The lowest BCUT2D eigenvalue weighted by Gasteiger charge is -2.24. The summed E-state index contributed by atoms with van der Waals surface area (Å²) < 4.78 is 0. The van der Waals surface area contributed by atoms with Gasteiger partial charge in [-0.2, -0.15) is 0 Å². The SMILES string of the molecule is C/C=C(\C)CC(C)(C)C/C=C(\C)CC(C)C. The van der Waals surface area contributed by atoms with E-state index in [1.165, 1.54) is 24.8 Å². The number of hydrogen-bond donors (Lipinski definition) is 0. The third kappa shape index (κ3) is 7.73. The summed E-state index contributed by atoms with van der Waals surface area (Å²) in [6.45, 7) is 15.9. The molecule has 0 nitrogen and oxygen atoms in total. The van der Waals surface area contributed by atoms with Crippen LogP contribution in [-0.4, -0.2) is 0 Å². The molecule has 0 heteroatoms. The molecule has 0 heterocycles. The summed E-state index contributed by atoms with van der Waals surface area (Å²) in [5.41, 5.74) is 3.44. The van der Waals surface area contributed by atoms with E-state index in [1.807, 2.05) is 0 Å². The average Bonchev–Trinajstić information content (AvgIpc) is 2.13. The molecule has 0 radical (unpaired) electrons. The zero-order valence-electron chi connectivity index (χ0n) is 12.4. The Labute approximate surface area is 103 Å². The van der Waals surface area contributed by atoms with Gasteiger partial charge in [0.25, 0.3) is 0 Å². The van der Waals surface area contributed by atoms with Crippen LogP contribution in [0.15, 0.2) is 23.3 Å². The van der Waals surface area contributed by atoms with Crippen molar-refractivity contribution in [1.82, 2.24) is 0 Å². The van der Waals surface area contributed by atoms with Gasteiger partial charge in [0.1, 0.15) is 0 Å². The standard InChI is InChI=1S/C16H30/c1-8-14(4)12-16(6,7)10-9-15(5)11-13(2)3/h8-9,13H,10-12H2,1-7H3/b14-8+,15-9+. The molecule has 16 heavy (non-hydrogen) atoms. The van der Waals surface area contributed by atoms with Gasteiger partial charge in [-0.15, -0.1) is 0 Å². The molecule has 0 aromatic carbocycles. The Bertz CT molecular complexity index is 251. The van der Waals surface area contributed by atoms with Crippen molar-refractivity contribution in [2.24, 2.45) is 11.3 Å². The molecule has 0 atom stereocenters. The third-order valence-electron chi connectivity index (χ3n) is 2.98. The van der Waals surface area contributed by atoms with Gasteiger partial charge in [0.2, 0.25) is 0 Å². The first-order valence-electron chi connectivity index (χ1n) is 6.54. The van der Waals surface area contributed by atoms with Crippen LogP contribution in [0.3, 0.4) is 0 Å². The van der Waals surface area contributed by atoms with Crippen LogP contribution in [0.25, 0.3) is 0 Å². The summed E-state index contributed by atoms with van der Waals surface area (Å²) in [4.78, 5) is 0. The maximum atomic E-state index is 2.43. The number of allylic oxidation sites excluding steroid dienone is 4. The molecule has 0 bridgehead atoms. The van der Waals surface area contributed by atoms with Crippen molar-refractivity contribution >= 4 is 0 Å². The van der Waals surface area contributed by atoms with Gasteiger partial charge in [0.05, 0.1) is 0 Å². The largest absolute Gasteiger partial charge is 0.0887 e. The Morgan fingerprint density at radius 3 is 2.12 bits per heavy atom. The highest BCUT2D eigenvalue weighted by Crippen LogP contribution is 2.30. The molecule has 0 rings (SSSR count). The van der Waals surface area contributed by atoms with Gasteiger partial charge in [0, 0.05) is 0 Å². The van der Waals surface area contributed by atoms with Gasteiger partial charge in [-0.25, -0.2) is 0 Å². The predicted octanol–water partition coefficient (Wildman–Crippen LogP) is 5.75. The van der Waals surface area contributed by atoms with E-state index in [0.717, 1.165) is 5.92 Å². The molecule has 0 spiro atoms. The molecule has 0 aliphatic heterocycles. The normalized spacial score (nSPS) is 14.8. The summed E-state index contributed by atoms with van der Waals surface area (Å²) >= 11 is 0. The van der Waals surface area contributed by atoms with Crippen molar-refractivity contribution < 1.29 is 0 Å². The molecule has 0 aromatic heterocycles. The first-order chi connectivity index (χ1) is 7.26. The third-order valence-corrected chi connectivity index (χ3v) is 2.98. The van der Waals surface area contributed by atoms with Gasteiger partial charge >= 0.3 is 0 Å². The van der Waals surface area contributed by atoms with Gasteiger partial charge < -0.3 is 0 Å². The second kappa shape index (κ2) is 6.93. The zero-order chi connectivity index (χ0) is 12.8. The van der Waals surface area contributed by atoms with Crippen molar-refractivity contribution in [2.75, 3.05) is 0 Å². The van der Waals surface area contributed by atoms with E-state index in [1.54, 1.807) is 5.57 Å². The first-order valence-corrected chi connectivity index (χ1v) is 6.54. The van der Waals surface area contributed by atoms with E-state index in [-0.39, 0.29) is 0 Å². The van der Waals surface area contributed by atoms with E-state index >= 15 is 0 Å². The van der Waals surface area contributed by atoms with Gasteiger partial charge in [0.15, 0.2) is 0 Å². The van der Waals surface area contributed by atoms with Gasteiger partial charge in [-0.1, -0.05) is 51.0 Å². The first kappa shape index (κ1) is 15.5. The lowest BCUT2D eigenvalue weighted by atomic mass is 9.82. The molecule has 0 aliphatic rings. The van der Waals surface area contributed by atoms with Crippen LogP contribution >= 0.6 is 0 Å². The fourth-order valence-electron chi connectivity index (χ4n) is 2.11. The molecule has 0 aromatic rings. The lowest BCUT2D eigenvalue weighted by Crippen LogP contribution is -2.10. The zero-order valence-corrected chi connectivity index (χ0v) is 12.4. The molecule has 0 aliphatic carbocycles. The smallest absolute Gasteiger partial charge is 0.0269 e. The molecule has 0 saturated carbocycles. The molecule has 0 amide bonds. The van der Waals surface area contributed by atoms with Crippen molar-refractivity contribution in [3.8, 4) is 0 Å². The minimum Gasteiger partial charge on any atom is -0.0887 e. The van der Waals surface area contributed by atoms with Crippen LogP contribution in [0.2, 0.25) is 0 Å². The number of hydrogen-bond acceptors (Lipinski definition) is 0. The molecular weight excluding hydrogens is 192 g/mol. The van der Waals surface area contributed by atoms with Crippen LogP contribution in [0.4, 0.5) is 0 Å². The summed E-state index contributed by atoms with van der Waals surface area (Å²) in [5, 5.41) is 0. The van der Waals surface area contributed by atoms with Crippen molar-refractivity contribution in [2.45, 2.75) is 67.7 Å². The summed E-state index contributed by atoms with van der Waals surface area (Å²) in [6.07, 6.45) is 8.29. The summed E-state index contributed by atoms with van der Waals surface area (Å²) in [6, 6.07) is 0. The second-order valence-electron chi connectivity index (χ2n) is 6.33. The monoisotopic (exact) mass is 222 g/mol. The van der Waals surface area contributed by atoms with Crippen LogP contribution < -0.4 is 0 Å². The Morgan fingerprint density at radius 2 is 1.69 bits per heavy atom. The molecule has 0 fully saturated rings. The molecule has 94 valence electrons. The molecule has 0 saturated heterocycles. The van der Waals surface area contributed by atoms with E-state index in [2.05, 4.69) is 60.6 Å². The van der Waals surface area contributed by atoms with Crippen LogP contribution in [0.1, 0.15) is 67.7 Å². The Balaban J connectivity index is 4.26. The minimum absolute atomic E-state index is 0.398. The second-order valence-corrected chi connectivity index (χ2v) is 6.33. The van der Waals surface area contributed by atoms with Crippen LogP contribution in [0.5, 0.6) is 0 Å². The van der Waals surface area contributed by atoms with E-state index in [4.69, 9.17) is 0 Å². The average molecular weight is 222 g/mol. The Hall–Kier alpha value is -0.520. The highest BCUT2D eigenvalue weighted by Gasteiger charge is 2.16. The topological polar surface area (TPSA) is 0 Å². The van der Waals surface area contributed by atoms with Crippen LogP contribution in [0, 0.1) is 11.3 Å². The highest BCUT2D eigenvalue weighted by molar-refractivity contribution is 5.04. The van der Waals surface area contributed by atoms with Crippen molar-refractivity contribution in [1.29, 1.82) is 0 Å². The van der Waals surface area contributed by atoms with E-state index in [9.17, 15) is 0 Å². The van der Waals surface area contributed by atoms with Gasteiger partial charge in [-0.3, -0.25) is 0 Å². The van der Waals surface area contributed by atoms with Crippen molar-refractivity contribution in [3.63, 3.8) is 0 Å². The maximum Gasteiger partial charge on any atom is -0.0269 e. The van der Waals surface area contributed by atoms with Crippen LogP contribution in [-0.2, 0) is 0 Å². The highest BCUT2D eigenvalue weighted by atomic mass is 14.2. The fourth-order valence-corrected chi connectivity index (χ4v) is 2.11. The molecule has 0 N–H and O–H groups in total. The van der Waals surface area contributed by atoms with E-state index in [0.29, 0.717) is 5.41 Å². The summed E-state index contributed by atoms with van der Waals surface area (Å²) in [7, 11) is 0. The van der Waals surface area contributed by atoms with Crippen molar-refractivity contribution in [3.05, 3.63) is 23.3 Å². The predicted molar refractivity (Wildman–Crippen MR) is 75.7 cm³/mol. The summed E-state index contributed by atoms with van der Waals surface area (Å²) in [5.74, 6) is 0.775. The Morgan fingerprint density at radius 1 is 1.12 bits per heavy atom.